The molecule has 1 fully saturated rings. The maximum absolute atomic E-state index is 11.0. The van der Waals surface area contributed by atoms with Crippen LogP contribution in [0.15, 0.2) is 36.8 Å². The van der Waals surface area contributed by atoms with Crippen molar-refractivity contribution >= 4 is 0 Å². The van der Waals surface area contributed by atoms with E-state index in [1.807, 2.05) is 12.5 Å². The molecule has 1 aromatic heterocycles. The first-order valence-corrected chi connectivity index (χ1v) is 8.56. The first-order valence-electron chi connectivity index (χ1n) is 8.56. The van der Waals surface area contributed by atoms with Crippen LogP contribution in [0, 0.1) is 11.8 Å². The van der Waals surface area contributed by atoms with E-state index in [9.17, 15) is 5.11 Å². The highest BCUT2D eigenvalue weighted by Crippen LogP contribution is 2.45. The van der Waals surface area contributed by atoms with E-state index in [4.69, 9.17) is 0 Å². The van der Waals surface area contributed by atoms with Crippen LogP contribution in [0.3, 0.4) is 0 Å². The number of aromatic nitrogens is 2. The Hall–Kier alpha value is -1.61. The van der Waals surface area contributed by atoms with E-state index < -0.39 is 0 Å². The number of aliphatic hydroxyl groups is 1. The molecule has 3 atom stereocenters. The van der Waals surface area contributed by atoms with Gasteiger partial charge in [0.05, 0.1) is 30.4 Å². The van der Waals surface area contributed by atoms with E-state index in [2.05, 4.69) is 40.7 Å². The molecule has 2 aromatic rings. The molecule has 4 rings (SSSR count). The van der Waals surface area contributed by atoms with Gasteiger partial charge in [-0.05, 0) is 24.3 Å². The van der Waals surface area contributed by atoms with Gasteiger partial charge in [-0.2, -0.15) is 0 Å². The summed E-state index contributed by atoms with van der Waals surface area (Å²) >= 11 is 0. The average Bonchev–Trinajstić information content (AvgIpc) is 3.15. The molecule has 2 aliphatic rings. The molecule has 0 bridgehead atoms. The van der Waals surface area contributed by atoms with E-state index in [0.717, 1.165) is 0 Å². The number of benzene rings is 1. The van der Waals surface area contributed by atoms with Crippen LogP contribution in [0.2, 0.25) is 0 Å². The molecule has 1 aromatic carbocycles. The van der Waals surface area contributed by atoms with Gasteiger partial charge in [-0.15, -0.1) is 0 Å². The highest BCUT2D eigenvalue weighted by Gasteiger charge is 2.37. The lowest BCUT2D eigenvalue weighted by Crippen LogP contribution is -2.34. The van der Waals surface area contributed by atoms with Crippen molar-refractivity contribution in [2.45, 2.75) is 51.2 Å². The second kappa shape index (κ2) is 5.54. The quantitative estimate of drug-likeness (QED) is 0.928. The summed E-state index contributed by atoms with van der Waals surface area (Å²) < 4.78 is 2.25. The summed E-state index contributed by atoms with van der Waals surface area (Å²) in [5.74, 6) is 0.670. The second-order valence-corrected chi connectivity index (χ2v) is 6.97. The summed E-state index contributed by atoms with van der Waals surface area (Å²) in [7, 11) is 0. The fourth-order valence-electron chi connectivity index (χ4n) is 4.50. The Morgan fingerprint density at radius 3 is 2.77 bits per heavy atom. The molecule has 0 spiro atoms. The van der Waals surface area contributed by atoms with Gasteiger partial charge in [0.25, 0.3) is 0 Å². The minimum absolute atomic E-state index is 0.208. The molecule has 3 nitrogen and oxygen atoms in total. The van der Waals surface area contributed by atoms with Gasteiger partial charge in [-0.25, -0.2) is 4.98 Å². The molecule has 0 amide bonds. The first-order chi connectivity index (χ1) is 10.8. The van der Waals surface area contributed by atoms with Crippen molar-refractivity contribution in [1.82, 2.24) is 9.55 Å². The number of nitrogens with zero attached hydrogens (tertiary/aromatic N) is 2. The van der Waals surface area contributed by atoms with Crippen LogP contribution in [-0.4, -0.2) is 20.8 Å². The van der Waals surface area contributed by atoms with Crippen LogP contribution in [0.4, 0.5) is 0 Å². The number of hydrogen-bond donors (Lipinski definition) is 1. The Morgan fingerprint density at radius 2 is 1.95 bits per heavy atom. The molecule has 0 saturated heterocycles. The van der Waals surface area contributed by atoms with Crippen molar-refractivity contribution in [3.8, 4) is 11.3 Å². The zero-order chi connectivity index (χ0) is 15.1. The molecule has 22 heavy (non-hydrogen) atoms. The third-order valence-electron chi connectivity index (χ3n) is 5.69. The highest BCUT2D eigenvalue weighted by atomic mass is 16.3. The van der Waals surface area contributed by atoms with Crippen molar-refractivity contribution in [2.75, 3.05) is 0 Å². The SMILES string of the molecule is C[C@H]([C@H]1c2ccccc2-c2cncn21)[C@@H](O)C1CCCCC1. The first kappa shape index (κ1) is 14.0. The maximum Gasteiger partial charge on any atom is 0.0956 e. The van der Waals surface area contributed by atoms with Crippen LogP contribution in [0.1, 0.15) is 50.6 Å². The van der Waals surface area contributed by atoms with Gasteiger partial charge >= 0.3 is 0 Å². The molecule has 0 radical (unpaired) electrons. The molecular formula is C19H24N2O. The average molecular weight is 296 g/mol. The maximum atomic E-state index is 11.0. The summed E-state index contributed by atoms with van der Waals surface area (Å²) in [5, 5.41) is 11.0. The third kappa shape index (κ3) is 2.11. The largest absolute Gasteiger partial charge is 0.392 e. The molecule has 116 valence electrons. The lowest BCUT2D eigenvalue weighted by molar-refractivity contribution is 0.0263. The lowest BCUT2D eigenvalue weighted by Gasteiger charge is -2.34. The standard InChI is InChI=1S/C19H24N2O/c1-13(19(22)14-7-3-2-4-8-14)18-16-10-6-5-9-15(16)17-11-20-12-21(17)18/h5-6,9-14,18-19,22H,2-4,7-8H2,1H3/t13-,18+,19-/m1/s1. The van der Waals surface area contributed by atoms with Crippen molar-refractivity contribution < 1.29 is 5.11 Å². The minimum atomic E-state index is -0.230. The zero-order valence-electron chi connectivity index (χ0n) is 13.2. The Balaban J connectivity index is 1.67. The molecule has 0 unspecified atom stereocenters. The van der Waals surface area contributed by atoms with Gasteiger partial charge in [0.15, 0.2) is 0 Å². The molecule has 1 saturated carbocycles. The second-order valence-electron chi connectivity index (χ2n) is 6.97. The van der Waals surface area contributed by atoms with Gasteiger partial charge in [0, 0.05) is 11.5 Å². The molecular weight excluding hydrogens is 272 g/mol. The van der Waals surface area contributed by atoms with Crippen molar-refractivity contribution in [2.24, 2.45) is 11.8 Å². The Labute approximate surface area is 132 Å². The highest BCUT2D eigenvalue weighted by molar-refractivity contribution is 5.69. The summed E-state index contributed by atoms with van der Waals surface area (Å²) in [5.41, 5.74) is 3.79. The number of rotatable bonds is 3. The smallest absolute Gasteiger partial charge is 0.0956 e. The Kier molecular flexibility index (Phi) is 3.53. The Bertz CT molecular complexity index is 657. The third-order valence-corrected chi connectivity index (χ3v) is 5.69. The van der Waals surface area contributed by atoms with Gasteiger partial charge in [0.1, 0.15) is 0 Å². The predicted molar refractivity (Wildman–Crippen MR) is 87.5 cm³/mol. The van der Waals surface area contributed by atoms with Gasteiger partial charge in [-0.1, -0.05) is 50.5 Å². The van der Waals surface area contributed by atoms with E-state index in [-0.39, 0.29) is 18.1 Å². The van der Waals surface area contributed by atoms with E-state index in [1.54, 1.807) is 0 Å². The van der Waals surface area contributed by atoms with Gasteiger partial charge in [-0.3, -0.25) is 0 Å². The lowest BCUT2D eigenvalue weighted by atomic mass is 9.77. The summed E-state index contributed by atoms with van der Waals surface area (Å²) in [6.45, 7) is 2.20. The van der Waals surface area contributed by atoms with Crippen LogP contribution in [-0.2, 0) is 0 Å². The topological polar surface area (TPSA) is 38.0 Å². The van der Waals surface area contributed by atoms with Crippen molar-refractivity contribution in [3.05, 3.63) is 42.4 Å². The van der Waals surface area contributed by atoms with E-state index in [1.165, 1.54) is 48.9 Å². The Morgan fingerprint density at radius 1 is 1.18 bits per heavy atom. The van der Waals surface area contributed by atoms with Crippen LogP contribution in [0.5, 0.6) is 0 Å². The summed E-state index contributed by atoms with van der Waals surface area (Å²) in [4.78, 5) is 4.33. The fourth-order valence-corrected chi connectivity index (χ4v) is 4.50. The molecule has 2 heterocycles. The van der Waals surface area contributed by atoms with Crippen LogP contribution < -0.4 is 0 Å². The van der Waals surface area contributed by atoms with Crippen molar-refractivity contribution in [1.29, 1.82) is 0 Å². The molecule has 1 aliphatic heterocycles. The van der Waals surface area contributed by atoms with Crippen molar-refractivity contribution in [3.63, 3.8) is 0 Å². The number of hydrogen-bond acceptors (Lipinski definition) is 2. The predicted octanol–water partition coefficient (Wildman–Crippen LogP) is 4.03. The number of aliphatic hydroxyl groups excluding tert-OH is 1. The summed E-state index contributed by atoms with van der Waals surface area (Å²) in [6.07, 6.45) is 9.86. The summed E-state index contributed by atoms with van der Waals surface area (Å²) in [6, 6.07) is 8.77. The van der Waals surface area contributed by atoms with Gasteiger partial charge in [0.2, 0.25) is 0 Å². The number of fused-ring (bicyclic) bond motifs is 3. The van der Waals surface area contributed by atoms with Crippen LogP contribution in [0.25, 0.3) is 11.3 Å². The molecule has 1 N–H and O–H groups in total. The van der Waals surface area contributed by atoms with E-state index >= 15 is 0 Å². The van der Waals surface area contributed by atoms with E-state index in [0.29, 0.717) is 5.92 Å². The van der Waals surface area contributed by atoms with Gasteiger partial charge < -0.3 is 9.67 Å². The fraction of sp³-hybridized carbons (Fsp3) is 0.526. The molecule has 1 aliphatic carbocycles. The minimum Gasteiger partial charge on any atom is -0.392 e. The number of imidazole rings is 1. The monoisotopic (exact) mass is 296 g/mol. The normalized spacial score (nSPS) is 23.8. The zero-order valence-corrected chi connectivity index (χ0v) is 13.2. The van der Waals surface area contributed by atoms with Crippen LogP contribution >= 0.6 is 0 Å². The molecule has 3 heteroatoms.